The van der Waals surface area contributed by atoms with Crippen molar-refractivity contribution in [2.75, 3.05) is 0 Å². The Morgan fingerprint density at radius 2 is 1.40 bits per heavy atom. The van der Waals surface area contributed by atoms with E-state index in [1.165, 1.54) is 0 Å². The quantitative estimate of drug-likeness (QED) is 0.705. The molecule has 2 aliphatic rings. The molecule has 0 atom stereocenters. The molecule has 0 aromatic rings. The van der Waals surface area contributed by atoms with Crippen molar-refractivity contribution in [2.45, 2.75) is 12.8 Å². The zero-order valence-electron chi connectivity index (χ0n) is 8.05. The topological polar surface area (TPSA) is 34.1 Å². The second-order valence-electron chi connectivity index (χ2n) is 3.26. The van der Waals surface area contributed by atoms with Gasteiger partial charge in [-0.25, -0.2) is 0 Å². The van der Waals surface area contributed by atoms with Gasteiger partial charge in [-0.2, -0.15) is 0 Å². The Morgan fingerprint density at radius 3 is 1.73 bits per heavy atom. The maximum absolute atomic E-state index is 11.6. The molecule has 0 fully saturated rings. The molecule has 0 saturated heterocycles. The standard InChI is InChI=1S/2C6H5O.Fe/c2*7-5-6-3-1-2-4-6;/h2*1-3H,4H2;. The van der Waals surface area contributed by atoms with Gasteiger partial charge in [0.15, 0.2) is 0 Å². The predicted molar refractivity (Wildman–Crippen MR) is 53.7 cm³/mol. The average Bonchev–Trinajstić information content (AvgIpc) is 2.91. The summed E-state index contributed by atoms with van der Waals surface area (Å²) in [5.41, 5.74) is 1.49. The summed E-state index contributed by atoms with van der Waals surface area (Å²) in [4.78, 5) is 23.3. The second kappa shape index (κ2) is 4.56. The molecule has 3 heteroatoms. The van der Waals surface area contributed by atoms with Gasteiger partial charge in [0.1, 0.15) is 0 Å². The van der Waals surface area contributed by atoms with Gasteiger partial charge in [0, 0.05) is 0 Å². The summed E-state index contributed by atoms with van der Waals surface area (Å²) in [6.45, 7) is 0. The first-order chi connectivity index (χ1) is 7.27. The number of carbonyl (C=O) groups is 2. The van der Waals surface area contributed by atoms with E-state index < -0.39 is 0 Å². The Bertz CT molecular complexity index is 385. The molecule has 2 rings (SSSR count). The van der Waals surface area contributed by atoms with Crippen molar-refractivity contribution in [1.29, 1.82) is 0 Å². The zero-order chi connectivity index (χ0) is 10.7. The fourth-order valence-corrected chi connectivity index (χ4v) is 2.36. The molecule has 0 saturated carbocycles. The van der Waals surface area contributed by atoms with Crippen molar-refractivity contribution in [3.63, 3.8) is 0 Å². The third kappa shape index (κ3) is 2.44. The Labute approximate surface area is 94.6 Å². The molecule has 0 spiro atoms. The van der Waals surface area contributed by atoms with Gasteiger partial charge in [-0.15, -0.1) is 0 Å². The Kier molecular flexibility index (Phi) is 3.14. The van der Waals surface area contributed by atoms with E-state index in [-0.39, 0.29) is 24.3 Å². The van der Waals surface area contributed by atoms with Gasteiger partial charge >= 0.3 is 94.4 Å². The SMILES string of the molecule is O=[C]([Fe][C](=O)C1=CC=CC1)C1=CC=CC1. The summed E-state index contributed by atoms with van der Waals surface area (Å²) >= 11 is 0.0149. The van der Waals surface area contributed by atoms with E-state index in [1.54, 1.807) is 12.2 Å². The zero-order valence-corrected chi connectivity index (χ0v) is 9.15. The molecule has 78 valence electrons. The number of carbonyl (C=O) groups excluding carboxylic acids is 2. The van der Waals surface area contributed by atoms with Gasteiger partial charge in [-0.3, -0.25) is 0 Å². The molecule has 0 radical (unpaired) electrons. The second-order valence-corrected chi connectivity index (χ2v) is 4.54. The molecule has 0 N–H and O–H groups in total. The van der Waals surface area contributed by atoms with Crippen molar-refractivity contribution in [3.05, 3.63) is 47.6 Å². The van der Waals surface area contributed by atoms with Crippen LogP contribution in [0.5, 0.6) is 0 Å². The minimum absolute atomic E-state index is 0.0149. The van der Waals surface area contributed by atoms with Crippen LogP contribution < -0.4 is 0 Å². The van der Waals surface area contributed by atoms with Gasteiger partial charge in [-0.05, 0) is 0 Å². The first-order valence-electron chi connectivity index (χ1n) is 4.70. The number of hydrogen-bond acceptors (Lipinski definition) is 2. The molecule has 0 aromatic heterocycles. The van der Waals surface area contributed by atoms with Crippen LogP contribution in [0.15, 0.2) is 47.6 Å². The van der Waals surface area contributed by atoms with Gasteiger partial charge in [0.05, 0.1) is 0 Å². The summed E-state index contributed by atoms with van der Waals surface area (Å²) in [7, 11) is 0. The first-order valence-corrected chi connectivity index (χ1v) is 5.80. The summed E-state index contributed by atoms with van der Waals surface area (Å²) in [6, 6.07) is 0. The van der Waals surface area contributed by atoms with E-state index in [0.29, 0.717) is 12.8 Å². The van der Waals surface area contributed by atoms with Crippen molar-refractivity contribution >= 4 is 9.36 Å². The molecule has 15 heavy (non-hydrogen) atoms. The molecule has 2 aliphatic carbocycles. The van der Waals surface area contributed by atoms with Crippen LogP contribution >= 0.6 is 0 Å². The van der Waals surface area contributed by atoms with E-state index in [9.17, 15) is 9.59 Å². The van der Waals surface area contributed by atoms with E-state index in [2.05, 4.69) is 0 Å². The van der Waals surface area contributed by atoms with Crippen LogP contribution in [0.25, 0.3) is 0 Å². The Hall–Kier alpha value is -1.18. The van der Waals surface area contributed by atoms with Crippen LogP contribution in [-0.4, -0.2) is 9.36 Å². The number of hydrogen-bond donors (Lipinski definition) is 0. The normalized spacial score (nSPS) is 18.1. The monoisotopic (exact) mass is 242 g/mol. The van der Waals surface area contributed by atoms with Gasteiger partial charge in [-0.1, -0.05) is 0 Å². The van der Waals surface area contributed by atoms with E-state index in [0.717, 1.165) is 11.1 Å². The molecule has 0 heterocycles. The molecule has 0 amide bonds. The Morgan fingerprint density at radius 1 is 0.933 bits per heavy atom. The van der Waals surface area contributed by atoms with Gasteiger partial charge in [0.2, 0.25) is 0 Å². The fraction of sp³-hybridized carbons (Fsp3) is 0.167. The summed E-state index contributed by atoms with van der Waals surface area (Å²) in [6.07, 6.45) is 12.5. The van der Waals surface area contributed by atoms with E-state index in [4.69, 9.17) is 0 Å². The maximum atomic E-state index is 11.6. The third-order valence-electron chi connectivity index (χ3n) is 2.19. The van der Waals surface area contributed by atoms with Crippen molar-refractivity contribution in [2.24, 2.45) is 0 Å². The molecular formula is C12H10FeO2. The summed E-state index contributed by atoms with van der Waals surface area (Å²) in [5, 5.41) is 0. The first kappa shape index (κ1) is 10.3. The summed E-state index contributed by atoms with van der Waals surface area (Å²) < 4.78 is -0.0874. The molecule has 0 aliphatic heterocycles. The molecule has 0 aromatic carbocycles. The number of allylic oxidation sites excluding steroid dienone is 8. The van der Waals surface area contributed by atoms with E-state index in [1.807, 2.05) is 24.3 Å². The average molecular weight is 242 g/mol. The summed E-state index contributed by atoms with van der Waals surface area (Å²) in [5.74, 6) is 0. The van der Waals surface area contributed by atoms with Crippen LogP contribution in [0.1, 0.15) is 12.8 Å². The molecule has 2 nitrogen and oxygen atoms in total. The van der Waals surface area contributed by atoms with Crippen LogP contribution in [0.2, 0.25) is 0 Å². The van der Waals surface area contributed by atoms with E-state index >= 15 is 0 Å². The van der Waals surface area contributed by atoms with Crippen LogP contribution in [0.3, 0.4) is 0 Å². The van der Waals surface area contributed by atoms with Crippen molar-refractivity contribution in [1.82, 2.24) is 0 Å². The fourth-order valence-electron chi connectivity index (χ4n) is 1.36. The van der Waals surface area contributed by atoms with Crippen molar-refractivity contribution < 1.29 is 24.5 Å². The molecule has 0 unspecified atom stereocenters. The van der Waals surface area contributed by atoms with Crippen LogP contribution in [0.4, 0.5) is 0 Å². The van der Waals surface area contributed by atoms with Gasteiger partial charge < -0.3 is 0 Å². The van der Waals surface area contributed by atoms with Crippen LogP contribution in [0, 0.1) is 0 Å². The van der Waals surface area contributed by atoms with Crippen LogP contribution in [-0.2, 0) is 24.5 Å². The molecule has 0 bridgehead atoms. The van der Waals surface area contributed by atoms with Crippen molar-refractivity contribution in [3.8, 4) is 0 Å². The Balaban J connectivity index is 1.92. The van der Waals surface area contributed by atoms with Gasteiger partial charge in [0.25, 0.3) is 0 Å². The number of rotatable bonds is 4. The third-order valence-corrected chi connectivity index (χ3v) is 3.40. The minimum atomic E-state index is -0.0437. The predicted octanol–water partition coefficient (Wildman–Crippen LogP) is 1.89. The molecular weight excluding hydrogens is 232 g/mol.